The van der Waals surface area contributed by atoms with Gasteiger partial charge in [-0.15, -0.1) is 0 Å². The molecule has 2 rings (SSSR count). The molecule has 0 aliphatic carbocycles. The Labute approximate surface area is 152 Å². The van der Waals surface area contributed by atoms with Crippen molar-refractivity contribution in [2.24, 2.45) is 0 Å². The van der Waals surface area contributed by atoms with Gasteiger partial charge in [0.15, 0.2) is 0 Å². The zero-order valence-corrected chi connectivity index (χ0v) is 15.6. The highest BCUT2D eigenvalue weighted by Gasteiger charge is 2.12. The molecular formula is C18H24N4O2S. The first-order valence-corrected chi connectivity index (χ1v) is 9.51. The highest BCUT2D eigenvalue weighted by Crippen LogP contribution is 2.15. The number of hydrogen-bond donors (Lipinski definition) is 3. The van der Waals surface area contributed by atoms with Crippen molar-refractivity contribution in [2.45, 2.75) is 26.3 Å². The number of benzene rings is 1. The first-order chi connectivity index (χ1) is 12.0. The lowest BCUT2D eigenvalue weighted by Crippen LogP contribution is -2.37. The van der Waals surface area contributed by atoms with E-state index in [4.69, 9.17) is 0 Å². The molecule has 7 heteroatoms. The van der Waals surface area contributed by atoms with Crippen molar-refractivity contribution in [3.63, 3.8) is 0 Å². The van der Waals surface area contributed by atoms with Crippen molar-refractivity contribution in [1.29, 1.82) is 0 Å². The number of nitrogens with zero attached hydrogens (tertiary/aromatic N) is 2. The first kappa shape index (κ1) is 19.2. The van der Waals surface area contributed by atoms with Crippen molar-refractivity contribution >= 4 is 29.3 Å². The molecule has 25 heavy (non-hydrogen) atoms. The lowest BCUT2D eigenvalue weighted by atomic mass is 10.1. The van der Waals surface area contributed by atoms with Gasteiger partial charge in [-0.2, -0.15) is 11.8 Å². The number of aliphatic hydroxyl groups is 1. The maximum atomic E-state index is 12.3. The molecule has 0 radical (unpaired) electrons. The minimum Gasteiger partial charge on any atom is -0.394 e. The summed E-state index contributed by atoms with van der Waals surface area (Å²) < 4.78 is 0. The standard InChI is InChI=1S/C18H24N4O2S/c1-12-10-13(2)20-18(19-12)22-15-6-4-14(5-7-15)17(24)21-16(11-23)8-9-25-3/h4-7,10,16,23H,8-9,11H2,1-3H3,(H,21,24)(H,19,20,22)/t16-/m1/s1. The fraction of sp³-hybridized carbons (Fsp3) is 0.389. The Hall–Kier alpha value is -2.12. The number of nitrogens with one attached hydrogen (secondary N) is 2. The third kappa shape index (κ3) is 6.03. The summed E-state index contributed by atoms with van der Waals surface area (Å²) >= 11 is 1.69. The second-order valence-electron chi connectivity index (χ2n) is 5.81. The fourth-order valence-electron chi connectivity index (χ4n) is 2.35. The van der Waals surface area contributed by atoms with E-state index in [2.05, 4.69) is 20.6 Å². The molecule has 1 amide bonds. The second-order valence-corrected chi connectivity index (χ2v) is 6.80. The van der Waals surface area contributed by atoms with Gasteiger partial charge in [-0.05, 0) is 62.6 Å². The molecule has 0 fully saturated rings. The van der Waals surface area contributed by atoms with Crippen LogP contribution in [0.2, 0.25) is 0 Å². The molecule has 1 aromatic carbocycles. The van der Waals surface area contributed by atoms with Gasteiger partial charge in [0.25, 0.3) is 5.91 Å². The summed E-state index contributed by atoms with van der Waals surface area (Å²) in [5, 5.41) is 15.3. The Balaban J connectivity index is 1.99. The van der Waals surface area contributed by atoms with Gasteiger partial charge < -0.3 is 15.7 Å². The highest BCUT2D eigenvalue weighted by atomic mass is 32.2. The molecular weight excluding hydrogens is 336 g/mol. The van der Waals surface area contributed by atoms with Crippen LogP contribution >= 0.6 is 11.8 Å². The van der Waals surface area contributed by atoms with E-state index < -0.39 is 0 Å². The zero-order chi connectivity index (χ0) is 18.2. The predicted octanol–water partition coefficient (Wildman–Crippen LogP) is 2.68. The van der Waals surface area contributed by atoms with Gasteiger partial charge in [0, 0.05) is 22.6 Å². The number of hydrogen-bond acceptors (Lipinski definition) is 6. The van der Waals surface area contributed by atoms with Crippen molar-refractivity contribution in [3.8, 4) is 0 Å². The van der Waals surface area contributed by atoms with Crippen LogP contribution in [0.3, 0.4) is 0 Å². The average molecular weight is 360 g/mol. The molecule has 3 N–H and O–H groups in total. The van der Waals surface area contributed by atoms with Crippen LogP contribution in [0.15, 0.2) is 30.3 Å². The van der Waals surface area contributed by atoms with Crippen molar-refractivity contribution < 1.29 is 9.90 Å². The molecule has 1 atom stereocenters. The van der Waals surface area contributed by atoms with E-state index in [-0.39, 0.29) is 18.6 Å². The number of aliphatic hydroxyl groups excluding tert-OH is 1. The average Bonchev–Trinajstić information content (AvgIpc) is 2.58. The van der Waals surface area contributed by atoms with Crippen molar-refractivity contribution in [1.82, 2.24) is 15.3 Å². The van der Waals surface area contributed by atoms with Gasteiger partial charge in [0.2, 0.25) is 5.95 Å². The van der Waals surface area contributed by atoms with Gasteiger partial charge in [-0.3, -0.25) is 4.79 Å². The Bertz CT molecular complexity index is 686. The van der Waals surface area contributed by atoms with Crippen LogP contribution in [0.4, 0.5) is 11.6 Å². The van der Waals surface area contributed by atoms with Gasteiger partial charge >= 0.3 is 0 Å². The van der Waals surface area contributed by atoms with Crippen LogP contribution in [-0.2, 0) is 0 Å². The number of rotatable bonds is 8. The largest absolute Gasteiger partial charge is 0.394 e. The van der Waals surface area contributed by atoms with E-state index in [0.717, 1.165) is 29.2 Å². The molecule has 0 saturated heterocycles. The number of aryl methyl sites for hydroxylation is 2. The van der Waals surface area contributed by atoms with Crippen LogP contribution in [-0.4, -0.2) is 45.6 Å². The van der Waals surface area contributed by atoms with Crippen LogP contribution in [0, 0.1) is 13.8 Å². The first-order valence-electron chi connectivity index (χ1n) is 8.12. The summed E-state index contributed by atoms with van der Waals surface area (Å²) in [6.45, 7) is 3.78. The van der Waals surface area contributed by atoms with Gasteiger partial charge in [0.05, 0.1) is 12.6 Å². The molecule has 0 saturated carbocycles. The summed E-state index contributed by atoms with van der Waals surface area (Å²) in [4.78, 5) is 20.9. The van der Waals surface area contributed by atoms with Crippen LogP contribution in [0.25, 0.3) is 0 Å². The molecule has 0 unspecified atom stereocenters. The Morgan fingerprint density at radius 1 is 1.20 bits per heavy atom. The fourth-order valence-corrected chi connectivity index (χ4v) is 2.87. The zero-order valence-electron chi connectivity index (χ0n) is 14.7. The number of carbonyl (C=O) groups is 1. The minimum atomic E-state index is -0.221. The van der Waals surface area contributed by atoms with Crippen LogP contribution in [0.1, 0.15) is 28.2 Å². The summed E-state index contributed by atoms with van der Waals surface area (Å²) in [7, 11) is 0. The van der Waals surface area contributed by atoms with Crippen molar-refractivity contribution in [2.75, 3.05) is 23.9 Å². The van der Waals surface area contributed by atoms with Gasteiger partial charge in [-0.1, -0.05) is 0 Å². The van der Waals surface area contributed by atoms with E-state index in [1.54, 1.807) is 23.9 Å². The Morgan fingerprint density at radius 3 is 2.40 bits per heavy atom. The van der Waals surface area contributed by atoms with Gasteiger partial charge in [0.1, 0.15) is 0 Å². The monoisotopic (exact) mass is 360 g/mol. The third-order valence-electron chi connectivity index (χ3n) is 3.61. The van der Waals surface area contributed by atoms with E-state index in [1.807, 2.05) is 38.3 Å². The molecule has 1 aromatic heterocycles. The number of carbonyl (C=O) groups excluding carboxylic acids is 1. The molecule has 2 aromatic rings. The van der Waals surface area contributed by atoms with Crippen molar-refractivity contribution in [3.05, 3.63) is 47.3 Å². The number of thioether (sulfide) groups is 1. The summed E-state index contributed by atoms with van der Waals surface area (Å²) in [6, 6.07) is 8.79. The third-order valence-corrected chi connectivity index (χ3v) is 4.26. The van der Waals surface area contributed by atoms with Crippen LogP contribution in [0.5, 0.6) is 0 Å². The smallest absolute Gasteiger partial charge is 0.251 e. The van der Waals surface area contributed by atoms with Crippen LogP contribution < -0.4 is 10.6 Å². The molecule has 134 valence electrons. The molecule has 0 spiro atoms. The molecule has 0 aliphatic heterocycles. The molecule has 0 aliphatic rings. The lowest BCUT2D eigenvalue weighted by Gasteiger charge is -2.16. The topological polar surface area (TPSA) is 87.1 Å². The maximum absolute atomic E-state index is 12.3. The number of aromatic nitrogens is 2. The normalized spacial score (nSPS) is 11.8. The molecule has 1 heterocycles. The van der Waals surface area contributed by atoms with E-state index in [1.165, 1.54) is 0 Å². The van der Waals surface area contributed by atoms with E-state index in [9.17, 15) is 9.90 Å². The highest BCUT2D eigenvalue weighted by molar-refractivity contribution is 7.98. The van der Waals surface area contributed by atoms with E-state index >= 15 is 0 Å². The van der Waals surface area contributed by atoms with Gasteiger partial charge in [-0.25, -0.2) is 9.97 Å². The maximum Gasteiger partial charge on any atom is 0.251 e. The predicted molar refractivity (Wildman–Crippen MR) is 103 cm³/mol. The minimum absolute atomic E-state index is 0.0595. The Kier molecular flexibility index (Phi) is 7.21. The Morgan fingerprint density at radius 2 is 1.84 bits per heavy atom. The molecule has 6 nitrogen and oxygen atoms in total. The van der Waals surface area contributed by atoms with E-state index in [0.29, 0.717) is 11.5 Å². The summed E-state index contributed by atoms with van der Waals surface area (Å²) in [5.74, 6) is 1.24. The molecule has 0 bridgehead atoms. The second kappa shape index (κ2) is 9.39. The summed E-state index contributed by atoms with van der Waals surface area (Å²) in [5.41, 5.74) is 3.15. The number of anilines is 2. The number of amides is 1. The lowest BCUT2D eigenvalue weighted by molar-refractivity contribution is 0.0915. The summed E-state index contributed by atoms with van der Waals surface area (Å²) in [6.07, 6.45) is 2.74. The SMILES string of the molecule is CSCC[C@H](CO)NC(=O)c1ccc(Nc2nc(C)cc(C)n2)cc1. The quantitative estimate of drug-likeness (QED) is 0.671.